The Kier molecular flexibility index (Phi) is 4.49. The third-order valence-corrected chi connectivity index (χ3v) is 3.88. The van der Waals surface area contributed by atoms with Gasteiger partial charge in [-0.25, -0.2) is 0 Å². The van der Waals surface area contributed by atoms with Crippen molar-refractivity contribution in [3.63, 3.8) is 0 Å². The fourth-order valence-electron chi connectivity index (χ4n) is 2.64. The first-order chi connectivity index (χ1) is 12.9. The lowest BCUT2D eigenvalue weighted by Gasteiger charge is -2.07. The molecule has 0 radical (unpaired) electrons. The normalized spacial score (nSPS) is 10.0. The van der Waals surface area contributed by atoms with Crippen LogP contribution in [0.25, 0.3) is 22.6 Å². The van der Waals surface area contributed by atoms with Crippen LogP contribution in [0.4, 0.5) is 0 Å². The molecule has 0 spiro atoms. The van der Waals surface area contributed by atoms with Gasteiger partial charge in [0.1, 0.15) is 0 Å². The minimum atomic E-state index is 0.783. The van der Waals surface area contributed by atoms with Crippen LogP contribution in [0.15, 0.2) is 91.4 Å². The standard InChI is InChI=1S/C23H15N3/c1-2-7-18(8-3-1)11-12-19-13-16-25-22(17-19)23-20(9-6-15-26-23)21-10-4-5-14-24-21/h1-10,13-17H. The van der Waals surface area contributed by atoms with Crippen molar-refractivity contribution in [3.05, 3.63) is 103 Å². The van der Waals surface area contributed by atoms with Crippen molar-refractivity contribution in [1.82, 2.24) is 15.0 Å². The smallest absolute Gasteiger partial charge is 0.0980 e. The highest BCUT2D eigenvalue weighted by Crippen LogP contribution is 2.27. The van der Waals surface area contributed by atoms with E-state index in [4.69, 9.17) is 0 Å². The molecule has 122 valence electrons. The summed E-state index contributed by atoms with van der Waals surface area (Å²) >= 11 is 0. The van der Waals surface area contributed by atoms with E-state index in [-0.39, 0.29) is 0 Å². The van der Waals surface area contributed by atoms with Gasteiger partial charge in [-0.3, -0.25) is 15.0 Å². The molecule has 0 saturated heterocycles. The summed E-state index contributed by atoms with van der Waals surface area (Å²) in [5, 5.41) is 0. The zero-order valence-corrected chi connectivity index (χ0v) is 14.0. The van der Waals surface area contributed by atoms with Gasteiger partial charge < -0.3 is 0 Å². The fraction of sp³-hybridized carbons (Fsp3) is 0. The summed E-state index contributed by atoms with van der Waals surface area (Å²) in [5.41, 5.74) is 5.29. The highest BCUT2D eigenvalue weighted by Gasteiger charge is 2.10. The van der Waals surface area contributed by atoms with Crippen molar-refractivity contribution in [2.24, 2.45) is 0 Å². The van der Waals surface area contributed by atoms with Gasteiger partial charge in [0.2, 0.25) is 0 Å². The van der Waals surface area contributed by atoms with Crippen LogP contribution in [-0.4, -0.2) is 15.0 Å². The van der Waals surface area contributed by atoms with Crippen LogP contribution in [-0.2, 0) is 0 Å². The van der Waals surface area contributed by atoms with Crippen molar-refractivity contribution in [1.29, 1.82) is 0 Å². The van der Waals surface area contributed by atoms with E-state index in [1.807, 2.05) is 72.8 Å². The Morgan fingerprint density at radius 1 is 0.538 bits per heavy atom. The lowest BCUT2D eigenvalue weighted by Crippen LogP contribution is -1.93. The molecule has 0 aliphatic rings. The van der Waals surface area contributed by atoms with Gasteiger partial charge >= 0.3 is 0 Å². The second kappa shape index (κ2) is 7.42. The van der Waals surface area contributed by atoms with E-state index in [2.05, 4.69) is 26.8 Å². The van der Waals surface area contributed by atoms with E-state index in [1.165, 1.54) is 0 Å². The van der Waals surface area contributed by atoms with Crippen LogP contribution in [0, 0.1) is 11.8 Å². The topological polar surface area (TPSA) is 38.7 Å². The van der Waals surface area contributed by atoms with Crippen LogP contribution < -0.4 is 0 Å². The molecule has 0 fully saturated rings. The van der Waals surface area contributed by atoms with Crippen molar-refractivity contribution in [2.45, 2.75) is 0 Å². The largest absolute Gasteiger partial charge is 0.256 e. The summed E-state index contributed by atoms with van der Waals surface area (Å²) in [5.74, 6) is 6.37. The number of benzene rings is 1. The van der Waals surface area contributed by atoms with Gasteiger partial charge in [-0.2, -0.15) is 0 Å². The Morgan fingerprint density at radius 2 is 1.31 bits per heavy atom. The Hall–Kier alpha value is -3.77. The van der Waals surface area contributed by atoms with Crippen LogP contribution in [0.3, 0.4) is 0 Å². The molecule has 0 aliphatic carbocycles. The summed E-state index contributed by atoms with van der Waals surface area (Å²) in [6.07, 6.45) is 5.31. The fourth-order valence-corrected chi connectivity index (χ4v) is 2.64. The molecule has 3 aromatic heterocycles. The second-order valence-corrected chi connectivity index (χ2v) is 5.66. The van der Waals surface area contributed by atoms with E-state index in [0.717, 1.165) is 33.8 Å². The quantitative estimate of drug-likeness (QED) is 0.503. The first kappa shape index (κ1) is 15.7. The lowest BCUT2D eigenvalue weighted by atomic mass is 10.1. The summed E-state index contributed by atoms with van der Waals surface area (Å²) in [7, 11) is 0. The van der Waals surface area contributed by atoms with Crippen molar-refractivity contribution in [3.8, 4) is 34.5 Å². The lowest BCUT2D eigenvalue weighted by molar-refractivity contribution is 1.23. The average Bonchev–Trinajstić information content (AvgIpc) is 2.74. The van der Waals surface area contributed by atoms with Crippen molar-refractivity contribution < 1.29 is 0 Å². The summed E-state index contributed by atoms with van der Waals surface area (Å²) in [6, 6.07) is 23.6. The molecule has 0 amide bonds. The van der Waals surface area contributed by atoms with Gasteiger partial charge in [-0.15, -0.1) is 0 Å². The molecule has 0 N–H and O–H groups in total. The van der Waals surface area contributed by atoms with Crippen LogP contribution in [0.2, 0.25) is 0 Å². The molecule has 3 nitrogen and oxygen atoms in total. The molecule has 3 heteroatoms. The number of hydrogen-bond donors (Lipinski definition) is 0. The number of hydrogen-bond acceptors (Lipinski definition) is 3. The highest BCUT2D eigenvalue weighted by molar-refractivity contribution is 5.77. The van der Waals surface area contributed by atoms with Gasteiger partial charge in [0.05, 0.1) is 17.1 Å². The zero-order chi connectivity index (χ0) is 17.6. The van der Waals surface area contributed by atoms with Gasteiger partial charge in [0.15, 0.2) is 0 Å². The van der Waals surface area contributed by atoms with E-state index in [9.17, 15) is 0 Å². The molecular weight excluding hydrogens is 318 g/mol. The molecule has 4 aromatic rings. The Labute approximate surface area is 152 Å². The molecule has 3 heterocycles. The van der Waals surface area contributed by atoms with Crippen LogP contribution in [0.5, 0.6) is 0 Å². The highest BCUT2D eigenvalue weighted by atomic mass is 14.8. The first-order valence-corrected chi connectivity index (χ1v) is 8.30. The molecule has 1 aromatic carbocycles. The first-order valence-electron chi connectivity index (χ1n) is 8.30. The minimum absolute atomic E-state index is 0.783. The van der Waals surface area contributed by atoms with Crippen molar-refractivity contribution in [2.75, 3.05) is 0 Å². The Balaban J connectivity index is 1.74. The summed E-state index contributed by atoms with van der Waals surface area (Å²) < 4.78 is 0. The maximum absolute atomic E-state index is 4.53. The number of rotatable bonds is 2. The van der Waals surface area contributed by atoms with Gasteiger partial charge in [0, 0.05) is 35.3 Å². The maximum atomic E-state index is 4.53. The van der Waals surface area contributed by atoms with E-state index in [0.29, 0.717) is 0 Å². The van der Waals surface area contributed by atoms with Crippen LogP contribution >= 0.6 is 0 Å². The third kappa shape index (κ3) is 3.50. The molecule has 26 heavy (non-hydrogen) atoms. The maximum Gasteiger partial charge on any atom is 0.0980 e. The van der Waals surface area contributed by atoms with E-state index >= 15 is 0 Å². The number of nitrogens with zero attached hydrogens (tertiary/aromatic N) is 3. The summed E-state index contributed by atoms with van der Waals surface area (Å²) in [6.45, 7) is 0. The molecular formula is C23H15N3. The van der Waals surface area contributed by atoms with Gasteiger partial charge in [-0.05, 0) is 48.5 Å². The Bertz CT molecular complexity index is 1080. The predicted molar refractivity (Wildman–Crippen MR) is 103 cm³/mol. The van der Waals surface area contributed by atoms with E-state index in [1.54, 1.807) is 18.6 Å². The summed E-state index contributed by atoms with van der Waals surface area (Å²) in [4.78, 5) is 13.5. The Morgan fingerprint density at radius 3 is 2.15 bits per heavy atom. The molecule has 4 rings (SSSR count). The monoisotopic (exact) mass is 333 g/mol. The molecule has 0 bridgehead atoms. The molecule has 0 atom stereocenters. The second-order valence-electron chi connectivity index (χ2n) is 5.66. The SMILES string of the molecule is C(#Cc1ccnc(-c2ncccc2-c2ccccn2)c1)c1ccccc1. The molecule has 0 unspecified atom stereocenters. The number of aromatic nitrogens is 3. The van der Waals surface area contributed by atoms with Gasteiger partial charge in [-0.1, -0.05) is 36.1 Å². The van der Waals surface area contributed by atoms with Crippen molar-refractivity contribution >= 4 is 0 Å². The molecule has 0 aliphatic heterocycles. The number of pyridine rings is 3. The predicted octanol–water partition coefficient (Wildman–Crippen LogP) is 4.61. The zero-order valence-electron chi connectivity index (χ0n) is 14.0. The average molecular weight is 333 g/mol. The van der Waals surface area contributed by atoms with Gasteiger partial charge in [0.25, 0.3) is 0 Å². The third-order valence-electron chi connectivity index (χ3n) is 3.88. The molecule has 0 saturated carbocycles. The minimum Gasteiger partial charge on any atom is -0.256 e. The van der Waals surface area contributed by atoms with Crippen LogP contribution in [0.1, 0.15) is 11.1 Å². The van der Waals surface area contributed by atoms with E-state index < -0.39 is 0 Å².